The summed E-state index contributed by atoms with van der Waals surface area (Å²) in [5, 5.41) is 26.9. The summed E-state index contributed by atoms with van der Waals surface area (Å²) in [6, 6.07) is -3.93. The van der Waals surface area contributed by atoms with Crippen molar-refractivity contribution in [2.45, 2.75) is 244 Å². The average molecular weight is 943 g/mol. The van der Waals surface area contributed by atoms with Crippen LogP contribution in [0.15, 0.2) is 0 Å². The smallest absolute Gasteiger partial charge is 0.350 e. The average Bonchev–Trinajstić information content (AvgIpc) is 3.53. The lowest BCUT2D eigenvalue weighted by Crippen LogP contribution is -2.55. The molecule has 8 atom stereocenters. The van der Waals surface area contributed by atoms with Crippen molar-refractivity contribution in [2.75, 3.05) is 6.61 Å². The fourth-order valence-corrected chi connectivity index (χ4v) is 7.55. The molecular formula is C47H82N4O15. The van der Waals surface area contributed by atoms with Crippen molar-refractivity contribution in [1.82, 2.24) is 16.0 Å². The molecule has 66 heavy (non-hydrogen) atoms. The Balaban J connectivity index is 2.66. The van der Waals surface area contributed by atoms with E-state index in [0.29, 0.717) is 6.42 Å². The lowest BCUT2D eigenvalue weighted by Gasteiger charge is -2.31. The zero-order valence-electron chi connectivity index (χ0n) is 40.7. The van der Waals surface area contributed by atoms with E-state index < -0.39 is 115 Å². The van der Waals surface area contributed by atoms with Gasteiger partial charge in [0.1, 0.15) is 43.0 Å². The predicted octanol–water partition coefficient (Wildman–Crippen LogP) is 4.94. The minimum absolute atomic E-state index is 0.110. The number of hydrogen-bond acceptors (Lipinski definition) is 14. The highest BCUT2D eigenvalue weighted by molar-refractivity contribution is 5.92. The van der Waals surface area contributed by atoms with E-state index in [4.69, 9.17) is 34.5 Å². The van der Waals surface area contributed by atoms with Crippen LogP contribution in [0.1, 0.15) is 190 Å². The number of nitrogens with one attached hydrogen (secondary N) is 3. The van der Waals surface area contributed by atoms with Gasteiger partial charge in [0.25, 0.3) is 0 Å². The third-order valence-electron chi connectivity index (χ3n) is 11.3. The van der Waals surface area contributed by atoms with Gasteiger partial charge >= 0.3 is 23.9 Å². The molecule has 0 saturated carbocycles. The van der Waals surface area contributed by atoms with E-state index in [9.17, 15) is 43.5 Å². The van der Waals surface area contributed by atoms with Gasteiger partial charge in [0.2, 0.25) is 29.2 Å². The standard InChI is InChI=1S/C47H82N4O15/c1-8-9-10-11-12-13-14-15-16-17-18-19-20-21-22-23-24-25-26-27-38(56)66-47(6,7)46(61)62-30-36(64-34(5)53)40-41(39(45(60)65-40)50-33(4)52)63-32(3)44(59)49-31(2)43(58)51-35(42(48)57)28-29-37(54)55/h31-32,35-36,39-41,45,60H,8-30H2,1-7H3,(H2,48,57)(H,49,59)(H,50,52)(H,51,58)(H,54,55)/t31-,32?,35?,36?,39?,40?,41?,45?/m0/s1. The highest BCUT2D eigenvalue weighted by atomic mass is 16.7. The van der Waals surface area contributed by atoms with Gasteiger partial charge in [0.05, 0.1) is 0 Å². The number of amides is 4. The maximum absolute atomic E-state index is 13.3. The molecule has 1 rings (SSSR count). The molecule has 7 N–H and O–H groups in total. The number of nitrogens with two attached hydrogens (primary N) is 1. The van der Waals surface area contributed by atoms with Gasteiger partial charge in [-0.05, 0) is 40.5 Å². The monoisotopic (exact) mass is 943 g/mol. The van der Waals surface area contributed by atoms with Crippen molar-refractivity contribution < 1.29 is 72.3 Å². The van der Waals surface area contributed by atoms with E-state index in [1.165, 1.54) is 118 Å². The van der Waals surface area contributed by atoms with Gasteiger partial charge in [-0.15, -0.1) is 0 Å². The van der Waals surface area contributed by atoms with Crippen LogP contribution in [-0.2, 0) is 62.0 Å². The molecule has 1 aliphatic heterocycles. The highest BCUT2D eigenvalue weighted by Crippen LogP contribution is 2.29. The molecule has 1 heterocycles. The Kier molecular flexibility index (Phi) is 30.0. The fraction of sp³-hybridized carbons (Fsp3) is 0.830. The lowest BCUT2D eigenvalue weighted by molar-refractivity contribution is -0.193. The summed E-state index contributed by atoms with van der Waals surface area (Å²) in [5.74, 6) is -6.95. The third kappa shape index (κ3) is 25.5. The fourth-order valence-electron chi connectivity index (χ4n) is 7.55. The van der Waals surface area contributed by atoms with Gasteiger partial charge in [-0.3, -0.25) is 33.6 Å². The number of carbonyl (C=O) groups excluding carboxylic acids is 7. The van der Waals surface area contributed by atoms with E-state index in [1.54, 1.807) is 0 Å². The molecule has 380 valence electrons. The first kappa shape index (κ1) is 59.7. The van der Waals surface area contributed by atoms with Gasteiger partial charge in [-0.2, -0.15) is 0 Å². The summed E-state index contributed by atoms with van der Waals surface area (Å²) >= 11 is 0. The molecule has 7 unspecified atom stereocenters. The molecule has 1 saturated heterocycles. The van der Waals surface area contributed by atoms with E-state index in [0.717, 1.165) is 39.5 Å². The van der Waals surface area contributed by atoms with E-state index in [-0.39, 0.29) is 12.8 Å². The largest absolute Gasteiger partial charge is 0.481 e. The van der Waals surface area contributed by atoms with E-state index in [1.807, 2.05) is 0 Å². The molecule has 0 aromatic heterocycles. The topological polar surface area (TPSA) is 285 Å². The van der Waals surface area contributed by atoms with Gasteiger partial charge in [0.15, 0.2) is 12.4 Å². The van der Waals surface area contributed by atoms with Crippen molar-refractivity contribution in [3.8, 4) is 0 Å². The van der Waals surface area contributed by atoms with Crippen LogP contribution < -0.4 is 21.7 Å². The van der Waals surface area contributed by atoms with Crippen LogP contribution in [-0.4, -0.2) is 119 Å². The summed E-state index contributed by atoms with van der Waals surface area (Å²) in [5.41, 5.74) is 3.55. The first-order chi connectivity index (χ1) is 31.2. The SMILES string of the molecule is CCCCCCCCCCCCCCCCCCCCCC(=O)OC(C)(C)C(=O)OCC(OC(C)=O)C1OC(O)C(NC(C)=O)C1OC(C)C(=O)N[C@@H](C)C(=O)NC(CCC(=O)O)C(N)=O. The molecule has 1 aliphatic rings. The van der Waals surface area contributed by atoms with E-state index in [2.05, 4.69) is 22.9 Å². The number of esters is 3. The number of carbonyl (C=O) groups is 8. The lowest BCUT2D eigenvalue weighted by atomic mass is 10.0. The van der Waals surface area contributed by atoms with Gasteiger partial charge < -0.3 is 55.6 Å². The van der Waals surface area contributed by atoms with Crippen molar-refractivity contribution in [1.29, 1.82) is 0 Å². The summed E-state index contributed by atoms with van der Waals surface area (Å²) in [6.07, 6.45) is 15.2. The van der Waals surface area contributed by atoms with Crippen LogP contribution in [0, 0.1) is 0 Å². The number of unbranched alkanes of at least 4 members (excludes halogenated alkanes) is 18. The molecule has 4 amide bonds. The molecule has 0 aliphatic carbocycles. The van der Waals surface area contributed by atoms with Gasteiger partial charge in [0, 0.05) is 26.7 Å². The number of ether oxygens (including phenoxy) is 5. The van der Waals surface area contributed by atoms with Crippen LogP contribution >= 0.6 is 0 Å². The van der Waals surface area contributed by atoms with Gasteiger partial charge in [-0.25, -0.2) is 4.79 Å². The summed E-state index contributed by atoms with van der Waals surface area (Å²) in [7, 11) is 0. The van der Waals surface area contributed by atoms with Gasteiger partial charge in [-0.1, -0.05) is 122 Å². The second kappa shape index (κ2) is 33.2. The number of aliphatic hydroxyl groups is 1. The normalized spacial score (nSPS) is 18.8. The first-order valence-corrected chi connectivity index (χ1v) is 24.1. The summed E-state index contributed by atoms with van der Waals surface area (Å²) < 4.78 is 27.9. The van der Waals surface area contributed by atoms with E-state index >= 15 is 0 Å². The molecule has 0 spiro atoms. The maximum Gasteiger partial charge on any atom is 0.350 e. The maximum atomic E-state index is 13.3. The minimum Gasteiger partial charge on any atom is -0.481 e. The molecule has 0 radical (unpaired) electrons. The van der Waals surface area contributed by atoms with Crippen LogP contribution in [0.5, 0.6) is 0 Å². The van der Waals surface area contributed by atoms with Crippen molar-refractivity contribution >= 4 is 47.5 Å². The van der Waals surface area contributed by atoms with Crippen LogP contribution in [0.3, 0.4) is 0 Å². The third-order valence-corrected chi connectivity index (χ3v) is 11.3. The molecule has 1 fully saturated rings. The molecule has 19 nitrogen and oxygen atoms in total. The quantitative estimate of drug-likeness (QED) is 0.0273. The minimum atomic E-state index is -1.75. The van der Waals surface area contributed by atoms with Crippen LogP contribution in [0.4, 0.5) is 0 Å². The Labute approximate surface area is 391 Å². The Morgan fingerprint density at radius 1 is 0.727 bits per heavy atom. The second-order valence-corrected chi connectivity index (χ2v) is 17.9. The molecule has 19 heteroatoms. The van der Waals surface area contributed by atoms with Crippen LogP contribution in [0.2, 0.25) is 0 Å². The number of rotatable bonds is 37. The first-order valence-electron chi connectivity index (χ1n) is 24.1. The zero-order valence-corrected chi connectivity index (χ0v) is 40.7. The summed E-state index contributed by atoms with van der Waals surface area (Å²) in [4.78, 5) is 99.0. The molecular weight excluding hydrogens is 861 g/mol. The van der Waals surface area contributed by atoms with Crippen LogP contribution in [0.25, 0.3) is 0 Å². The second-order valence-electron chi connectivity index (χ2n) is 17.9. The number of carboxylic acid groups (broad SMARTS) is 1. The predicted molar refractivity (Wildman–Crippen MR) is 243 cm³/mol. The Morgan fingerprint density at radius 2 is 1.23 bits per heavy atom. The molecule has 0 aromatic carbocycles. The Hall–Kier alpha value is -4.36. The number of aliphatic hydroxyl groups excluding tert-OH is 1. The van der Waals surface area contributed by atoms with Crippen molar-refractivity contribution in [3.05, 3.63) is 0 Å². The molecule has 0 bridgehead atoms. The molecule has 0 aromatic rings. The highest BCUT2D eigenvalue weighted by Gasteiger charge is 2.51. The number of hydrogen-bond donors (Lipinski definition) is 6. The number of primary amides is 1. The number of aliphatic carboxylic acids is 1. The summed E-state index contributed by atoms with van der Waals surface area (Å²) in [6.45, 7) is 9.07. The zero-order chi connectivity index (χ0) is 49.7. The van der Waals surface area contributed by atoms with Crippen molar-refractivity contribution in [3.63, 3.8) is 0 Å². The Morgan fingerprint density at radius 3 is 1.68 bits per heavy atom. The number of carboxylic acids is 1. The Bertz CT molecular complexity index is 1510. The van der Waals surface area contributed by atoms with Crippen molar-refractivity contribution in [2.24, 2.45) is 5.73 Å².